The van der Waals surface area contributed by atoms with E-state index in [9.17, 15) is 0 Å². The van der Waals surface area contributed by atoms with Crippen LogP contribution in [0.25, 0.3) is 0 Å². The SMILES string of the molecule is CCOc1c(Cl)cccc1NC1CCOC1. The molecular weight excluding hydrogens is 226 g/mol. The van der Waals surface area contributed by atoms with Crippen LogP contribution in [0, 0.1) is 0 Å². The average molecular weight is 242 g/mol. The zero-order chi connectivity index (χ0) is 11.4. The molecule has 2 rings (SSSR count). The standard InChI is InChI=1S/C12H16ClNO2/c1-2-16-12-10(13)4-3-5-11(12)14-9-6-7-15-8-9/h3-5,9,14H,2,6-8H2,1H3. The third-order valence-electron chi connectivity index (χ3n) is 2.54. The van der Waals surface area contributed by atoms with E-state index in [-0.39, 0.29) is 0 Å². The van der Waals surface area contributed by atoms with Crippen LogP contribution in [-0.4, -0.2) is 25.9 Å². The van der Waals surface area contributed by atoms with Crippen LogP contribution in [0.2, 0.25) is 5.02 Å². The van der Waals surface area contributed by atoms with Crippen molar-refractivity contribution in [3.63, 3.8) is 0 Å². The lowest BCUT2D eigenvalue weighted by Gasteiger charge is -2.17. The molecule has 1 aromatic carbocycles. The molecule has 16 heavy (non-hydrogen) atoms. The maximum Gasteiger partial charge on any atom is 0.160 e. The molecule has 0 radical (unpaired) electrons. The second kappa shape index (κ2) is 5.41. The van der Waals surface area contributed by atoms with E-state index in [1.807, 2.05) is 25.1 Å². The highest BCUT2D eigenvalue weighted by molar-refractivity contribution is 6.32. The molecule has 1 fully saturated rings. The van der Waals surface area contributed by atoms with Crippen LogP contribution in [0.5, 0.6) is 5.75 Å². The van der Waals surface area contributed by atoms with E-state index >= 15 is 0 Å². The monoisotopic (exact) mass is 241 g/mol. The van der Waals surface area contributed by atoms with Crippen LogP contribution in [-0.2, 0) is 4.74 Å². The zero-order valence-electron chi connectivity index (χ0n) is 9.33. The van der Waals surface area contributed by atoms with Crippen LogP contribution in [0.3, 0.4) is 0 Å². The van der Waals surface area contributed by atoms with E-state index < -0.39 is 0 Å². The van der Waals surface area contributed by atoms with Crippen LogP contribution in [0.4, 0.5) is 5.69 Å². The predicted octanol–water partition coefficient (Wildman–Crippen LogP) is 2.94. The minimum atomic E-state index is 0.359. The maximum atomic E-state index is 6.10. The first-order valence-corrected chi connectivity index (χ1v) is 5.94. The summed E-state index contributed by atoms with van der Waals surface area (Å²) in [5.41, 5.74) is 0.949. The highest BCUT2D eigenvalue weighted by Gasteiger charge is 2.17. The fraction of sp³-hybridized carbons (Fsp3) is 0.500. The van der Waals surface area contributed by atoms with Crippen LogP contribution >= 0.6 is 11.6 Å². The van der Waals surface area contributed by atoms with Crippen molar-refractivity contribution < 1.29 is 9.47 Å². The van der Waals surface area contributed by atoms with E-state index in [1.165, 1.54) is 0 Å². The molecule has 0 saturated carbocycles. The van der Waals surface area contributed by atoms with Gasteiger partial charge in [0.2, 0.25) is 0 Å². The van der Waals surface area contributed by atoms with E-state index in [4.69, 9.17) is 21.1 Å². The fourth-order valence-electron chi connectivity index (χ4n) is 1.78. The summed E-state index contributed by atoms with van der Waals surface area (Å²) in [6.45, 7) is 4.13. The summed E-state index contributed by atoms with van der Waals surface area (Å²) < 4.78 is 10.9. The maximum absolute atomic E-state index is 6.10. The lowest BCUT2D eigenvalue weighted by Crippen LogP contribution is -2.19. The smallest absolute Gasteiger partial charge is 0.160 e. The molecule has 0 aromatic heterocycles. The van der Waals surface area contributed by atoms with Crippen molar-refractivity contribution in [2.45, 2.75) is 19.4 Å². The molecule has 0 bridgehead atoms. The second-order valence-corrected chi connectivity index (χ2v) is 4.16. The van der Waals surface area contributed by atoms with Gasteiger partial charge in [-0.25, -0.2) is 0 Å². The van der Waals surface area contributed by atoms with Crippen molar-refractivity contribution in [2.75, 3.05) is 25.1 Å². The van der Waals surface area contributed by atoms with Gasteiger partial charge in [-0.3, -0.25) is 0 Å². The molecule has 1 aliphatic heterocycles. The normalized spacial score (nSPS) is 19.8. The Morgan fingerprint density at radius 2 is 2.44 bits per heavy atom. The summed E-state index contributed by atoms with van der Waals surface area (Å²) in [6.07, 6.45) is 1.03. The van der Waals surface area contributed by atoms with E-state index in [0.717, 1.165) is 31.1 Å². The van der Waals surface area contributed by atoms with Gasteiger partial charge in [0.25, 0.3) is 0 Å². The van der Waals surface area contributed by atoms with Crippen molar-refractivity contribution in [1.82, 2.24) is 0 Å². The Balaban J connectivity index is 2.14. The quantitative estimate of drug-likeness (QED) is 0.879. The van der Waals surface area contributed by atoms with Crippen LogP contribution < -0.4 is 10.1 Å². The predicted molar refractivity (Wildman–Crippen MR) is 65.5 cm³/mol. The van der Waals surface area contributed by atoms with Crippen molar-refractivity contribution >= 4 is 17.3 Å². The molecule has 1 aromatic rings. The minimum absolute atomic E-state index is 0.359. The Kier molecular flexibility index (Phi) is 3.91. The summed E-state index contributed by atoms with van der Waals surface area (Å²) >= 11 is 6.10. The van der Waals surface area contributed by atoms with Crippen molar-refractivity contribution in [2.24, 2.45) is 0 Å². The molecule has 0 spiro atoms. The molecule has 0 amide bonds. The van der Waals surface area contributed by atoms with Crippen LogP contribution in [0.15, 0.2) is 18.2 Å². The number of hydrogen-bond acceptors (Lipinski definition) is 3. The molecule has 1 atom stereocenters. The van der Waals surface area contributed by atoms with Gasteiger partial charge in [0.15, 0.2) is 5.75 Å². The number of hydrogen-bond donors (Lipinski definition) is 1. The largest absolute Gasteiger partial charge is 0.490 e. The Bertz CT molecular complexity index is 351. The minimum Gasteiger partial charge on any atom is -0.490 e. The van der Waals surface area contributed by atoms with Gasteiger partial charge in [0.05, 0.1) is 30.0 Å². The molecule has 1 aliphatic rings. The Hall–Kier alpha value is -0.930. The summed E-state index contributed by atoms with van der Waals surface area (Å²) in [5.74, 6) is 0.735. The molecule has 1 unspecified atom stereocenters. The highest BCUT2D eigenvalue weighted by Crippen LogP contribution is 2.33. The summed E-state index contributed by atoms with van der Waals surface area (Å²) in [6, 6.07) is 6.10. The van der Waals surface area contributed by atoms with E-state index in [2.05, 4.69) is 5.32 Å². The molecule has 4 heteroatoms. The first-order valence-electron chi connectivity index (χ1n) is 5.57. The molecular formula is C12H16ClNO2. The van der Waals surface area contributed by atoms with Gasteiger partial charge < -0.3 is 14.8 Å². The molecule has 1 heterocycles. The molecule has 88 valence electrons. The van der Waals surface area contributed by atoms with E-state index in [1.54, 1.807) is 0 Å². The number of halogens is 1. The van der Waals surface area contributed by atoms with Gasteiger partial charge in [-0.15, -0.1) is 0 Å². The van der Waals surface area contributed by atoms with Gasteiger partial charge in [0, 0.05) is 6.61 Å². The van der Waals surface area contributed by atoms with Crippen molar-refractivity contribution in [3.8, 4) is 5.75 Å². The number of benzene rings is 1. The zero-order valence-corrected chi connectivity index (χ0v) is 10.1. The average Bonchev–Trinajstić information content (AvgIpc) is 2.76. The number of rotatable bonds is 4. The number of nitrogens with one attached hydrogen (secondary N) is 1. The first kappa shape index (κ1) is 11.6. The molecule has 1 N–H and O–H groups in total. The molecule has 1 saturated heterocycles. The lowest BCUT2D eigenvalue weighted by molar-refractivity contribution is 0.195. The van der Waals surface area contributed by atoms with Gasteiger partial charge in [-0.2, -0.15) is 0 Å². The third-order valence-corrected chi connectivity index (χ3v) is 2.84. The fourth-order valence-corrected chi connectivity index (χ4v) is 2.01. The first-order chi connectivity index (χ1) is 7.81. The number of ether oxygens (including phenoxy) is 2. The van der Waals surface area contributed by atoms with Crippen molar-refractivity contribution in [1.29, 1.82) is 0 Å². The summed E-state index contributed by atoms with van der Waals surface area (Å²) in [7, 11) is 0. The van der Waals surface area contributed by atoms with Crippen molar-refractivity contribution in [3.05, 3.63) is 23.2 Å². The van der Waals surface area contributed by atoms with Gasteiger partial charge in [0.1, 0.15) is 0 Å². The lowest BCUT2D eigenvalue weighted by atomic mass is 10.2. The second-order valence-electron chi connectivity index (χ2n) is 3.75. The summed E-state index contributed by atoms with van der Waals surface area (Å²) in [4.78, 5) is 0. The molecule has 3 nitrogen and oxygen atoms in total. The topological polar surface area (TPSA) is 30.5 Å². The Labute approximate surface area is 101 Å². The van der Waals surface area contributed by atoms with Gasteiger partial charge in [-0.1, -0.05) is 17.7 Å². The number of para-hydroxylation sites is 1. The third kappa shape index (κ3) is 2.60. The Morgan fingerprint density at radius 1 is 1.56 bits per heavy atom. The highest BCUT2D eigenvalue weighted by atomic mass is 35.5. The Morgan fingerprint density at radius 3 is 3.12 bits per heavy atom. The van der Waals surface area contributed by atoms with Gasteiger partial charge >= 0.3 is 0 Å². The summed E-state index contributed by atoms with van der Waals surface area (Å²) in [5, 5.41) is 4.04. The molecule has 0 aliphatic carbocycles. The van der Waals surface area contributed by atoms with Crippen LogP contribution in [0.1, 0.15) is 13.3 Å². The van der Waals surface area contributed by atoms with E-state index in [0.29, 0.717) is 17.7 Å². The van der Waals surface area contributed by atoms with Gasteiger partial charge in [-0.05, 0) is 25.5 Å². The number of anilines is 1.